The summed E-state index contributed by atoms with van der Waals surface area (Å²) in [5, 5.41) is 8.89. The van der Waals surface area contributed by atoms with E-state index in [1.807, 2.05) is 18.2 Å². The highest BCUT2D eigenvalue weighted by Crippen LogP contribution is 2.54. The van der Waals surface area contributed by atoms with Gasteiger partial charge in [0.15, 0.2) is 0 Å². The summed E-state index contributed by atoms with van der Waals surface area (Å²) in [5.41, 5.74) is 2.10. The summed E-state index contributed by atoms with van der Waals surface area (Å²) >= 11 is 9.76. The zero-order valence-corrected chi connectivity index (χ0v) is 15.4. The Morgan fingerprint density at radius 2 is 2.12 bits per heavy atom. The van der Waals surface area contributed by atoms with Gasteiger partial charge in [-0.25, -0.2) is 4.98 Å². The topological polar surface area (TPSA) is 55.2 Å². The van der Waals surface area contributed by atoms with E-state index in [-0.39, 0.29) is 5.92 Å². The predicted molar refractivity (Wildman–Crippen MR) is 96.6 cm³/mol. The van der Waals surface area contributed by atoms with Crippen LogP contribution in [0.2, 0.25) is 5.15 Å². The van der Waals surface area contributed by atoms with Crippen molar-refractivity contribution in [3.63, 3.8) is 0 Å². The minimum atomic E-state index is -0.483. The summed E-state index contributed by atoms with van der Waals surface area (Å²) in [5.74, 6) is 1.50. The van der Waals surface area contributed by atoms with Crippen molar-refractivity contribution in [2.45, 2.75) is 18.8 Å². The minimum Gasteiger partial charge on any atom is -0.455 e. The normalized spacial score (nSPS) is 25.1. The molecular formula is C18H16BrClN2O2. The third-order valence-corrected chi connectivity index (χ3v) is 5.67. The van der Waals surface area contributed by atoms with E-state index in [2.05, 4.69) is 33.9 Å². The quantitative estimate of drug-likeness (QED) is 0.679. The highest BCUT2D eigenvalue weighted by molar-refractivity contribution is 9.10. The number of ether oxygens (including phenoxy) is 2. The van der Waals surface area contributed by atoms with E-state index >= 15 is 0 Å². The van der Waals surface area contributed by atoms with Crippen LogP contribution in [0.3, 0.4) is 0 Å². The van der Waals surface area contributed by atoms with Crippen LogP contribution in [0.4, 0.5) is 0 Å². The highest BCUT2D eigenvalue weighted by atomic mass is 79.9. The van der Waals surface area contributed by atoms with Crippen LogP contribution < -0.4 is 4.74 Å². The molecule has 1 N–H and O–H groups in total. The van der Waals surface area contributed by atoms with Crippen molar-refractivity contribution in [3.8, 4) is 11.5 Å². The van der Waals surface area contributed by atoms with Gasteiger partial charge in [-0.2, -0.15) is 0 Å². The Balaban J connectivity index is 2.06. The summed E-state index contributed by atoms with van der Waals surface area (Å²) in [6.45, 7) is 2.98. The monoisotopic (exact) mass is 406 g/mol. The number of halogens is 2. The SMILES string of the molecule is CCC1C(=N)COCC12c1cc(Br)ccc1Oc1cnc(Cl)cc12. The molecule has 2 aliphatic heterocycles. The van der Waals surface area contributed by atoms with Crippen LogP contribution in [0.5, 0.6) is 11.5 Å². The van der Waals surface area contributed by atoms with Gasteiger partial charge in [0.2, 0.25) is 0 Å². The van der Waals surface area contributed by atoms with Crippen LogP contribution in [0.15, 0.2) is 34.9 Å². The number of fused-ring (bicyclic) bond motifs is 4. The van der Waals surface area contributed by atoms with Crippen molar-refractivity contribution in [3.05, 3.63) is 51.2 Å². The largest absolute Gasteiger partial charge is 0.455 e. The first kappa shape index (κ1) is 16.1. The van der Waals surface area contributed by atoms with Crippen molar-refractivity contribution >= 4 is 33.2 Å². The molecule has 24 heavy (non-hydrogen) atoms. The lowest BCUT2D eigenvalue weighted by molar-refractivity contribution is 0.0756. The number of hydrogen-bond acceptors (Lipinski definition) is 4. The molecule has 0 aliphatic carbocycles. The minimum absolute atomic E-state index is 0.0282. The number of nitrogens with zero attached hydrogens (tertiary/aromatic N) is 1. The Morgan fingerprint density at radius 3 is 2.92 bits per heavy atom. The Bertz CT molecular complexity index is 788. The molecule has 1 saturated heterocycles. The fourth-order valence-electron chi connectivity index (χ4n) is 4.00. The van der Waals surface area contributed by atoms with Crippen molar-refractivity contribution < 1.29 is 9.47 Å². The van der Waals surface area contributed by atoms with Gasteiger partial charge in [0.1, 0.15) is 16.7 Å². The maximum atomic E-state index is 8.47. The molecule has 0 radical (unpaired) electrons. The number of rotatable bonds is 1. The lowest BCUT2D eigenvalue weighted by atomic mass is 9.61. The van der Waals surface area contributed by atoms with Crippen LogP contribution in [0.1, 0.15) is 24.5 Å². The first-order chi connectivity index (χ1) is 11.6. The van der Waals surface area contributed by atoms with Gasteiger partial charge >= 0.3 is 0 Å². The Morgan fingerprint density at radius 1 is 1.33 bits per heavy atom. The first-order valence-corrected chi connectivity index (χ1v) is 9.02. The molecule has 124 valence electrons. The van der Waals surface area contributed by atoms with Gasteiger partial charge in [-0.3, -0.25) is 0 Å². The fraction of sp³-hybridized carbons (Fsp3) is 0.333. The Hall–Kier alpha value is -1.43. The number of benzene rings is 1. The zero-order valence-electron chi connectivity index (χ0n) is 13.1. The number of aromatic nitrogens is 1. The average Bonchev–Trinajstić information content (AvgIpc) is 2.57. The summed E-state index contributed by atoms with van der Waals surface area (Å²) in [6, 6.07) is 7.82. The second-order valence-electron chi connectivity index (χ2n) is 6.20. The van der Waals surface area contributed by atoms with E-state index in [1.54, 1.807) is 6.20 Å². The van der Waals surface area contributed by atoms with Gasteiger partial charge in [0.25, 0.3) is 0 Å². The van der Waals surface area contributed by atoms with E-state index in [9.17, 15) is 0 Å². The second kappa shape index (κ2) is 5.83. The molecule has 1 aromatic carbocycles. The fourth-order valence-corrected chi connectivity index (χ4v) is 4.52. The zero-order chi connectivity index (χ0) is 16.9. The molecule has 0 bridgehead atoms. The Labute approximate surface area is 153 Å². The van der Waals surface area contributed by atoms with Gasteiger partial charge in [-0.15, -0.1) is 0 Å². The lowest BCUT2D eigenvalue weighted by Crippen LogP contribution is -2.51. The third kappa shape index (κ3) is 2.22. The number of nitrogens with one attached hydrogen (secondary N) is 1. The first-order valence-electron chi connectivity index (χ1n) is 7.85. The maximum Gasteiger partial charge on any atom is 0.150 e. The van der Waals surface area contributed by atoms with E-state index in [0.717, 1.165) is 27.8 Å². The van der Waals surface area contributed by atoms with Crippen LogP contribution >= 0.6 is 27.5 Å². The van der Waals surface area contributed by atoms with Crippen LogP contribution in [0, 0.1) is 11.3 Å². The van der Waals surface area contributed by atoms with Crippen LogP contribution in [-0.4, -0.2) is 23.9 Å². The maximum absolute atomic E-state index is 8.47. The summed E-state index contributed by atoms with van der Waals surface area (Å²) in [4.78, 5) is 4.17. The van der Waals surface area contributed by atoms with Gasteiger partial charge in [0, 0.05) is 27.2 Å². The predicted octanol–water partition coefficient (Wildman–Crippen LogP) is 4.97. The number of pyridine rings is 1. The molecule has 4 nitrogen and oxygen atoms in total. The van der Waals surface area contributed by atoms with Crippen molar-refractivity contribution in [1.82, 2.24) is 4.98 Å². The molecule has 2 atom stereocenters. The Kier molecular flexibility index (Phi) is 3.90. The number of hydrogen-bond donors (Lipinski definition) is 1. The molecule has 2 aliphatic rings. The molecule has 4 rings (SSSR count). The molecule has 0 amide bonds. The smallest absolute Gasteiger partial charge is 0.150 e. The molecule has 1 fully saturated rings. The van der Waals surface area contributed by atoms with Crippen LogP contribution in [0.25, 0.3) is 0 Å². The lowest BCUT2D eigenvalue weighted by Gasteiger charge is -2.47. The molecule has 1 aromatic heterocycles. The van der Waals surface area contributed by atoms with Gasteiger partial charge < -0.3 is 14.9 Å². The highest BCUT2D eigenvalue weighted by Gasteiger charge is 2.51. The second-order valence-corrected chi connectivity index (χ2v) is 7.50. The summed E-state index contributed by atoms with van der Waals surface area (Å²) in [7, 11) is 0. The average molecular weight is 408 g/mol. The molecular weight excluding hydrogens is 392 g/mol. The van der Waals surface area contributed by atoms with E-state index < -0.39 is 5.41 Å². The van der Waals surface area contributed by atoms with Gasteiger partial charge in [-0.1, -0.05) is 34.5 Å². The van der Waals surface area contributed by atoms with Crippen molar-refractivity contribution in [1.29, 1.82) is 5.41 Å². The van der Waals surface area contributed by atoms with Gasteiger partial charge in [-0.05, 0) is 30.7 Å². The molecule has 2 unspecified atom stereocenters. The van der Waals surface area contributed by atoms with E-state index in [4.69, 9.17) is 26.5 Å². The molecule has 2 aromatic rings. The van der Waals surface area contributed by atoms with Gasteiger partial charge in [0.05, 0.1) is 24.8 Å². The van der Waals surface area contributed by atoms with E-state index in [1.165, 1.54) is 0 Å². The van der Waals surface area contributed by atoms with Crippen molar-refractivity contribution in [2.75, 3.05) is 13.2 Å². The van der Waals surface area contributed by atoms with E-state index in [0.29, 0.717) is 29.8 Å². The molecule has 6 heteroatoms. The summed E-state index contributed by atoms with van der Waals surface area (Å²) < 4.78 is 12.9. The summed E-state index contributed by atoms with van der Waals surface area (Å²) in [6.07, 6.45) is 2.50. The molecule has 3 heterocycles. The molecule has 1 spiro atoms. The van der Waals surface area contributed by atoms with Crippen molar-refractivity contribution in [2.24, 2.45) is 5.92 Å². The molecule has 0 saturated carbocycles. The van der Waals surface area contributed by atoms with Crippen LogP contribution in [-0.2, 0) is 10.2 Å². The standard InChI is InChI=1S/C18H16BrClN2O2/c1-2-11-14(21)8-23-9-18(11)12-5-10(19)3-4-15(12)24-16-7-22-17(20)6-13(16)18/h3-7,11,21H,2,8-9H2,1H3. The third-order valence-electron chi connectivity index (χ3n) is 4.97.